The Labute approximate surface area is 180 Å². The number of carbonyl (C=O) groups is 1. The zero-order valence-electron chi connectivity index (χ0n) is 17.1. The van der Waals surface area contributed by atoms with Gasteiger partial charge in [-0.2, -0.15) is 5.10 Å². The molecule has 0 bridgehead atoms. The Hall–Kier alpha value is -3.24. The molecule has 1 aromatic heterocycles. The summed E-state index contributed by atoms with van der Waals surface area (Å²) in [6.45, 7) is 1.86. The van der Waals surface area contributed by atoms with Gasteiger partial charge in [-0.05, 0) is 55.7 Å². The fourth-order valence-electron chi connectivity index (χ4n) is 3.13. The van der Waals surface area contributed by atoms with Crippen LogP contribution in [0.5, 0.6) is 5.75 Å². The largest absolute Gasteiger partial charge is 0.495 e. The van der Waals surface area contributed by atoms with Crippen LogP contribution < -0.4 is 14.8 Å². The molecule has 1 atom stereocenters. The number of amides is 1. The van der Waals surface area contributed by atoms with Crippen molar-refractivity contribution in [2.24, 2.45) is 0 Å². The minimum Gasteiger partial charge on any atom is -0.495 e. The first-order chi connectivity index (χ1) is 14.9. The zero-order chi connectivity index (χ0) is 22.0. The van der Waals surface area contributed by atoms with Gasteiger partial charge < -0.3 is 10.1 Å². The molecule has 1 aliphatic carbocycles. The van der Waals surface area contributed by atoms with Gasteiger partial charge in [-0.25, -0.2) is 22.8 Å². The van der Waals surface area contributed by atoms with Crippen molar-refractivity contribution in [1.82, 2.24) is 24.8 Å². The molecule has 31 heavy (non-hydrogen) atoms. The number of nitrogens with zero attached hydrogens (tertiary/aromatic N) is 3. The number of benzene rings is 2. The molecule has 1 aliphatic rings. The fourth-order valence-corrected chi connectivity index (χ4v) is 4.63. The molecular weight excluding hydrogens is 418 g/mol. The van der Waals surface area contributed by atoms with Crippen molar-refractivity contribution in [2.45, 2.75) is 36.7 Å². The van der Waals surface area contributed by atoms with Crippen molar-refractivity contribution in [3.63, 3.8) is 0 Å². The molecule has 0 unspecified atom stereocenters. The molecule has 10 heteroatoms. The normalized spacial score (nSPS) is 14.8. The van der Waals surface area contributed by atoms with E-state index in [9.17, 15) is 13.2 Å². The predicted octanol–water partition coefficient (Wildman–Crippen LogP) is 2.21. The number of methoxy groups -OCH3 is 1. The van der Waals surface area contributed by atoms with Crippen LogP contribution in [0.2, 0.25) is 0 Å². The van der Waals surface area contributed by atoms with E-state index >= 15 is 0 Å². The lowest BCUT2D eigenvalue weighted by Crippen LogP contribution is -2.28. The van der Waals surface area contributed by atoms with E-state index in [-0.39, 0.29) is 34.2 Å². The summed E-state index contributed by atoms with van der Waals surface area (Å²) in [7, 11) is -2.37. The van der Waals surface area contributed by atoms with E-state index in [4.69, 9.17) is 4.74 Å². The summed E-state index contributed by atoms with van der Waals surface area (Å²) in [4.78, 5) is 16.7. The van der Waals surface area contributed by atoms with Crippen molar-refractivity contribution in [2.75, 3.05) is 7.11 Å². The summed E-state index contributed by atoms with van der Waals surface area (Å²) in [6.07, 6.45) is 4.69. The maximum atomic E-state index is 12.8. The van der Waals surface area contributed by atoms with Gasteiger partial charge in [0.25, 0.3) is 5.91 Å². The number of sulfonamides is 1. The minimum atomic E-state index is -3.77. The van der Waals surface area contributed by atoms with Gasteiger partial charge in [0, 0.05) is 11.6 Å². The minimum absolute atomic E-state index is 0.0422. The molecule has 9 nitrogen and oxygen atoms in total. The van der Waals surface area contributed by atoms with Crippen LogP contribution in [0.15, 0.2) is 60.0 Å². The molecule has 3 aromatic rings. The van der Waals surface area contributed by atoms with Gasteiger partial charge in [0.1, 0.15) is 23.3 Å². The SMILES string of the molecule is COc1ccc(C(=O)N[C@H](C)c2ccc(-n3cncn3)cc2)cc1S(=O)(=O)NC1CC1. The highest BCUT2D eigenvalue weighted by molar-refractivity contribution is 7.89. The number of rotatable bonds is 8. The van der Waals surface area contributed by atoms with Crippen molar-refractivity contribution < 1.29 is 17.9 Å². The average molecular weight is 442 g/mol. The third kappa shape index (κ3) is 4.75. The average Bonchev–Trinajstić information content (AvgIpc) is 3.39. The maximum Gasteiger partial charge on any atom is 0.251 e. The summed E-state index contributed by atoms with van der Waals surface area (Å²) >= 11 is 0. The molecular formula is C21H23N5O4S. The molecule has 0 spiro atoms. The smallest absolute Gasteiger partial charge is 0.251 e. The Bertz CT molecular complexity index is 1170. The Kier molecular flexibility index (Phi) is 5.75. The highest BCUT2D eigenvalue weighted by Crippen LogP contribution is 2.28. The van der Waals surface area contributed by atoms with Crippen LogP contribution in [-0.4, -0.2) is 42.2 Å². The lowest BCUT2D eigenvalue weighted by molar-refractivity contribution is 0.0939. The van der Waals surface area contributed by atoms with Crippen LogP contribution in [-0.2, 0) is 10.0 Å². The van der Waals surface area contributed by atoms with E-state index in [1.54, 1.807) is 17.1 Å². The van der Waals surface area contributed by atoms with Gasteiger partial charge in [0.15, 0.2) is 0 Å². The second-order valence-corrected chi connectivity index (χ2v) is 9.07. The van der Waals surface area contributed by atoms with Crippen LogP contribution in [0.4, 0.5) is 0 Å². The Balaban J connectivity index is 1.50. The first-order valence-corrected chi connectivity index (χ1v) is 11.3. The van der Waals surface area contributed by atoms with E-state index in [2.05, 4.69) is 20.1 Å². The number of hydrogen-bond acceptors (Lipinski definition) is 6. The summed E-state index contributed by atoms with van der Waals surface area (Å²) in [5.41, 5.74) is 1.99. The van der Waals surface area contributed by atoms with Crippen molar-refractivity contribution in [3.8, 4) is 11.4 Å². The fraction of sp³-hybridized carbons (Fsp3) is 0.286. The molecule has 1 heterocycles. The lowest BCUT2D eigenvalue weighted by atomic mass is 10.1. The number of aromatic nitrogens is 3. The summed E-state index contributed by atoms with van der Waals surface area (Å²) < 4.78 is 34.8. The highest BCUT2D eigenvalue weighted by atomic mass is 32.2. The lowest BCUT2D eigenvalue weighted by Gasteiger charge is -2.16. The molecule has 0 radical (unpaired) electrons. The first kappa shape index (κ1) is 21.0. The number of hydrogen-bond donors (Lipinski definition) is 2. The van der Waals surface area contributed by atoms with Crippen LogP contribution in [0, 0.1) is 0 Å². The third-order valence-electron chi connectivity index (χ3n) is 5.04. The van der Waals surface area contributed by atoms with E-state index in [1.807, 2.05) is 31.2 Å². The second kappa shape index (κ2) is 8.48. The van der Waals surface area contributed by atoms with Crippen LogP contribution >= 0.6 is 0 Å². The van der Waals surface area contributed by atoms with Gasteiger partial charge in [-0.1, -0.05) is 12.1 Å². The molecule has 1 amide bonds. The van der Waals surface area contributed by atoms with Crippen molar-refractivity contribution in [3.05, 3.63) is 66.2 Å². The van der Waals surface area contributed by atoms with E-state index < -0.39 is 10.0 Å². The highest BCUT2D eigenvalue weighted by Gasteiger charge is 2.30. The second-order valence-electron chi connectivity index (χ2n) is 7.39. The summed E-state index contributed by atoms with van der Waals surface area (Å²) in [5, 5.41) is 6.99. The molecule has 2 aromatic carbocycles. The number of ether oxygens (including phenoxy) is 1. The molecule has 0 saturated heterocycles. The van der Waals surface area contributed by atoms with E-state index in [1.165, 1.54) is 25.6 Å². The monoisotopic (exact) mass is 441 g/mol. The summed E-state index contributed by atoms with van der Waals surface area (Å²) in [6, 6.07) is 11.6. The number of carbonyl (C=O) groups excluding carboxylic acids is 1. The quantitative estimate of drug-likeness (QED) is 0.554. The first-order valence-electron chi connectivity index (χ1n) is 9.83. The third-order valence-corrected chi connectivity index (χ3v) is 6.58. The Morgan fingerprint density at radius 1 is 1.19 bits per heavy atom. The van der Waals surface area contributed by atoms with E-state index in [0.717, 1.165) is 24.1 Å². The van der Waals surface area contributed by atoms with Gasteiger partial charge in [0.05, 0.1) is 18.8 Å². The molecule has 0 aliphatic heterocycles. The Morgan fingerprint density at radius 3 is 2.55 bits per heavy atom. The standard InChI is InChI=1S/C21H23N5O4S/c1-14(15-3-8-18(9-4-15)26-13-22-12-23-26)24-21(27)16-5-10-19(30-2)20(11-16)31(28,29)25-17-6-7-17/h3-5,8-14,17,25H,6-7H2,1-2H3,(H,24,27)/t14-/m1/s1. The maximum absolute atomic E-state index is 12.8. The molecule has 4 rings (SSSR count). The van der Waals surface area contributed by atoms with Crippen molar-refractivity contribution in [1.29, 1.82) is 0 Å². The van der Waals surface area contributed by atoms with Crippen molar-refractivity contribution >= 4 is 15.9 Å². The topological polar surface area (TPSA) is 115 Å². The molecule has 1 fully saturated rings. The van der Waals surface area contributed by atoms with Crippen LogP contribution in [0.25, 0.3) is 5.69 Å². The molecule has 1 saturated carbocycles. The van der Waals surface area contributed by atoms with Gasteiger partial charge in [-0.3, -0.25) is 4.79 Å². The Morgan fingerprint density at radius 2 is 1.94 bits per heavy atom. The van der Waals surface area contributed by atoms with Crippen LogP contribution in [0.1, 0.15) is 41.7 Å². The van der Waals surface area contributed by atoms with Crippen LogP contribution in [0.3, 0.4) is 0 Å². The van der Waals surface area contributed by atoms with Gasteiger partial charge in [-0.15, -0.1) is 0 Å². The number of nitrogens with one attached hydrogen (secondary N) is 2. The molecule has 162 valence electrons. The summed E-state index contributed by atoms with van der Waals surface area (Å²) in [5.74, 6) is -0.181. The molecule has 2 N–H and O–H groups in total. The predicted molar refractivity (Wildman–Crippen MR) is 114 cm³/mol. The van der Waals surface area contributed by atoms with Gasteiger partial charge >= 0.3 is 0 Å². The van der Waals surface area contributed by atoms with Gasteiger partial charge in [0.2, 0.25) is 10.0 Å². The zero-order valence-corrected chi connectivity index (χ0v) is 18.0. The van der Waals surface area contributed by atoms with E-state index in [0.29, 0.717) is 0 Å².